The van der Waals surface area contributed by atoms with Crippen molar-refractivity contribution < 1.29 is 0 Å². The van der Waals surface area contributed by atoms with Crippen molar-refractivity contribution in [3.63, 3.8) is 0 Å². The van der Waals surface area contributed by atoms with Crippen LogP contribution in [0.25, 0.3) is 0 Å². The quantitative estimate of drug-likeness (QED) is 0.292. The van der Waals surface area contributed by atoms with Crippen molar-refractivity contribution in [2.45, 2.75) is 32.9 Å². The Kier molecular flexibility index (Phi) is 4.54. The van der Waals surface area contributed by atoms with Crippen LogP contribution in [0.4, 0.5) is 0 Å². The van der Waals surface area contributed by atoms with Crippen molar-refractivity contribution in [1.29, 1.82) is 0 Å². The zero-order chi connectivity index (χ0) is 10.6. The minimum Gasteiger partial charge on any atom is -0.338 e. The molecule has 14 heavy (non-hydrogen) atoms. The van der Waals surface area contributed by atoms with Gasteiger partial charge in [0, 0.05) is 30.1 Å². The first-order valence-electron chi connectivity index (χ1n) is 5.04. The predicted octanol–water partition coefficient (Wildman–Crippen LogP) is 0.651. The van der Waals surface area contributed by atoms with Crippen LogP contribution < -0.4 is 11.3 Å². The second-order valence-electron chi connectivity index (χ2n) is 3.81. The van der Waals surface area contributed by atoms with E-state index in [1.807, 2.05) is 11.8 Å². The fourth-order valence-corrected chi connectivity index (χ4v) is 2.49. The minimum atomic E-state index is 0.280. The first kappa shape index (κ1) is 11.7. The molecule has 0 aromatic carbocycles. The summed E-state index contributed by atoms with van der Waals surface area (Å²) in [6, 6.07) is 0.796. The first-order chi connectivity index (χ1) is 6.65. The maximum atomic E-state index is 5.48. The number of hydrogen-bond donors (Lipinski definition) is 2. The Morgan fingerprint density at radius 2 is 2.36 bits per heavy atom. The van der Waals surface area contributed by atoms with Crippen LogP contribution in [0, 0.1) is 0 Å². The molecular weight excluding hydrogens is 196 g/mol. The van der Waals surface area contributed by atoms with Crippen molar-refractivity contribution in [3.05, 3.63) is 0 Å². The summed E-state index contributed by atoms with van der Waals surface area (Å²) < 4.78 is 0. The van der Waals surface area contributed by atoms with E-state index < -0.39 is 0 Å². The lowest BCUT2D eigenvalue weighted by atomic mass is 10.3. The van der Waals surface area contributed by atoms with Crippen molar-refractivity contribution >= 4 is 17.7 Å². The Bertz CT molecular complexity index is 205. The molecule has 0 radical (unpaired) electrons. The summed E-state index contributed by atoms with van der Waals surface area (Å²) in [4.78, 5) is 6.71. The Morgan fingerprint density at radius 3 is 2.86 bits per heavy atom. The number of guanidine groups is 1. The normalized spacial score (nSPS) is 24.2. The van der Waals surface area contributed by atoms with Crippen LogP contribution in [0.1, 0.15) is 20.8 Å². The van der Waals surface area contributed by atoms with E-state index in [4.69, 9.17) is 5.84 Å². The number of hydrogen-bond acceptors (Lipinski definition) is 3. The molecule has 1 fully saturated rings. The molecular formula is C9H20N4S. The molecule has 1 aliphatic rings. The second kappa shape index (κ2) is 5.46. The van der Waals surface area contributed by atoms with Gasteiger partial charge < -0.3 is 4.90 Å². The van der Waals surface area contributed by atoms with Gasteiger partial charge in [0.1, 0.15) is 0 Å². The number of aliphatic imine (C=N–C) groups is 1. The number of nitrogens with two attached hydrogens (primary N) is 1. The van der Waals surface area contributed by atoms with E-state index in [-0.39, 0.29) is 6.04 Å². The van der Waals surface area contributed by atoms with Gasteiger partial charge in [0.15, 0.2) is 0 Å². The van der Waals surface area contributed by atoms with Gasteiger partial charge >= 0.3 is 0 Å². The SMILES string of the molecule is CC(C)N=C(NN)N1CCSCC1C. The van der Waals surface area contributed by atoms with Crippen molar-refractivity contribution in [2.75, 3.05) is 18.1 Å². The topological polar surface area (TPSA) is 53.6 Å². The smallest absolute Gasteiger partial charge is 0.208 e. The van der Waals surface area contributed by atoms with Crippen LogP contribution in [0.5, 0.6) is 0 Å². The van der Waals surface area contributed by atoms with Gasteiger partial charge in [0.05, 0.1) is 0 Å². The fourth-order valence-electron chi connectivity index (χ4n) is 1.48. The zero-order valence-corrected chi connectivity index (χ0v) is 9.97. The molecule has 3 N–H and O–H groups in total. The average molecular weight is 216 g/mol. The lowest BCUT2D eigenvalue weighted by Gasteiger charge is -2.35. The summed E-state index contributed by atoms with van der Waals surface area (Å²) in [7, 11) is 0. The molecule has 0 amide bonds. The number of hydrazine groups is 1. The summed E-state index contributed by atoms with van der Waals surface area (Å²) >= 11 is 1.99. The molecule has 5 heteroatoms. The van der Waals surface area contributed by atoms with Gasteiger partial charge in [-0.05, 0) is 20.8 Å². The molecule has 0 bridgehead atoms. The molecule has 0 saturated carbocycles. The fraction of sp³-hybridized carbons (Fsp3) is 0.889. The maximum Gasteiger partial charge on any atom is 0.208 e. The van der Waals surface area contributed by atoms with Crippen LogP contribution in [-0.4, -0.2) is 41.0 Å². The molecule has 1 atom stereocenters. The van der Waals surface area contributed by atoms with Gasteiger partial charge in [0.25, 0.3) is 0 Å². The maximum absolute atomic E-state index is 5.48. The highest BCUT2D eigenvalue weighted by molar-refractivity contribution is 7.99. The van der Waals surface area contributed by atoms with Crippen molar-refractivity contribution in [3.8, 4) is 0 Å². The highest BCUT2D eigenvalue weighted by Crippen LogP contribution is 2.15. The highest BCUT2D eigenvalue weighted by atomic mass is 32.2. The van der Waals surface area contributed by atoms with E-state index in [2.05, 4.69) is 36.1 Å². The Balaban J connectivity index is 2.67. The molecule has 82 valence electrons. The van der Waals surface area contributed by atoms with E-state index >= 15 is 0 Å². The van der Waals surface area contributed by atoms with Crippen LogP contribution in [-0.2, 0) is 0 Å². The monoisotopic (exact) mass is 216 g/mol. The number of nitrogens with one attached hydrogen (secondary N) is 1. The summed E-state index contributed by atoms with van der Waals surface area (Å²) in [6.07, 6.45) is 0. The third kappa shape index (κ3) is 3.06. The summed E-state index contributed by atoms with van der Waals surface area (Å²) in [5.74, 6) is 8.62. The van der Waals surface area contributed by atoms with Gasteiger partial charge in [-0.15, -0.1) is 0 Å². The van der Waals surface area contributed by atoms with E-state index in [0.29, 0.717) is 6.04 Å². The molecule has 0 aliphatic carbocycles. The molecule has 1 aliphatic heterocycles. The van der Waals surface area contributed by atoms with Gasteiger partial charge in [-0.2, -0.15) is 11.8 Å². The molecule has 0 spiro atoms. The molecule has 1 heterocycles. The lowest BCUT2D eigenvalue weighted by molar-refractivity contribution is 0.350. The van der Waals surface area contributed by atoms with E-state index in [1.54, 1.807) is 0 Å². The van der Waals surface area contributed by atoms with E-state index in [1.165, 1.54) is 0 Å². The van der Waals surface area contributed by atoms with E-state index in [9.17, 15) is 0 Å². The Morgan fingerprint density at radius 1 is 1.64 bits per heavy atom. The minimum absolute atomic E-state index is 0.280. The molecule has 1 rings (SSSR count). The van der Waals surface area contributed by atoms with Crippen LogP contribution in [0.15, 0.2) is 4.99 Å². The standard InChI is InChI=1S/C9H20N4S/c1-7(2)11-9(12-10)13-4-5-14-6-8(13)3/h7-8H,4-6,10H2,1-3H3,(H,11,12). The summed E-state index contributed by atoms with van der Waals surface area (Å²) in [6.45, 7) is 7.35. The molecule has 1 unspecified atom stereocenters. The largest absolute Gasteiger partial charge is 0.338 e. The Hall–Kier alpha value is -0.420. The number of nitrogens with zero attached hydrogens (tertiary/aromatic N) is 2. The Labute approximate surface area is 90.3 Å². The van der Waals surface area contributed by atoms with E-state index in [0.717, 1.165) is 24.0 Å². The van der Waals surface area contributed by atoms with Crippen LogP contribution in [0.2, 0.25) is 0 Å². The predicted molar refractivity (Wildman–Crippen MR) is 63.4 cm³/mol. The third-order valence-corrected chi connectivity index (χ3v) is 3.34. The summed E-state index contributed by atoms with van der Waals surface area (Å²) in [5, 5.41) is 0. The van der Waals surface area contributed by atoms with Gasteiger partial charge in [-0.1, -0.05) is 0 Å². The number of rotatable bonds is 1. The summed E-state index contributed by atoms with van der Waals surface area (Å²) in [5.41, 5.74) is 2.70. The molecule has 0 aromatic rings. The van der Waals surface area contributed by atoms with Gasteiger partial charge in [0.2, 0.25) is 5.96 Å². The number of thioether (sulfide) groups is 1. The lowest BCUT2D eigenvalue weighted by Crippen LogP contribution is -2.52. The first-order valence-corrected chi connectivity index (χ1v) is 6.19. The van der Waals surface area contributed by atoms with Gasteiger partial charge in [-0.25, -0.2) is 10.8 Å². The molecule has 1 saturated heterocycles. The molecule has 4 nitrogen and oxygen atoms in total. The van der Waals surface area contributed by atoms with Crippen LogP contribution in [0.3, 0.4) is 0 Å². The third-order valence-electron chi connectivity index (χ3n) is 2.15. The zero-order valence-electron chi connectivity index (χ0n) is 9.16. The van der Waals surface area contributed by atoms with Crippen LogP contribution >= 0.6 is 11.8 Å². The average Bonchev–Trinajstić information content (AvgIpc) is 2.15. The van der Waals surface area contributed by atoms with Gasteiger partial charge in [-0.3, -0.25) is 5.43 Å². The highest BCUT2D eigenvalue weighted by Gasteiger charge is 2.21. The van der Waals surface area contributed by atoms with Crippen molar-refractivity contribution in [2.24, 2.45) is 10.8 Å². The van der Waals surface area contributed by atoms with Crippen molar-refractivity contribution in [1.82, 2.24) is 10.3 Å². The molecule has 0 aromatic heterocycles. The second-order valence-corrected chi connectivity index (χ2v) is 4.96.